The molecule has 0 unspecified atom stereocenters. The maximum atomic E-state index is 12.5. The standard InChI is InChI=1S/C16H21N3O3/c20-15-13-18(16(21)17-9-11-22-12-10-17)7-4-8-19(15)14-5-2-1-3-6-14/h1-3,5-6H,4,7-13H2. The SMILES string of the molecule is O=C(N1CCOCC1)N1CCCN(c2ccccc2)C(=O)C1. The molecule has 3 amide bonds. The molecule has 2 aliphatic heterocycles. The average molecular weight is 303 g/mol. The van der Waals surface area contributed by atoms with E-state index in [0.717, 1.165) is 12.1 Å². The second kappa shape index (κ2) is 6.79. The van der Waals surface area contributed by atoms with Crippen molar-refractivity contribution < 1.29 is 14.3 Å². The lowest BCUT2D eigenvalue weighted by Crippen LogP contribution is -2.50. The molecule has 2 heterocycles. The van der Waals surface area contributed by atoms with Crippen LogP contribution in [0.25, 0.3) is 0 Å². The third-order valence-corrected chi connectivity index (χ3v) is 4.06. The summed E-state index contributed by atoms with van der Waals surface area (Å²) in [5, 5.41) is 0. The van der Waals surface area contributed by atoms with E-state index in [1.807, 2.05) is 30.3 Å². The number of morpholine rings is 1. The van der Waals surface area contributed by atoms with Crippen molar-refractivity contribution in [3.8, 4) is 0 Å². The van der Waals surface area contributed by atoms with E-state index in [4.69, 9.17) is 4.74 Å². The topological polar surface area (TPSA) is 53.1 Å². The van der Waals surface area contributed by atoms with Gasteiger partial charge in [0.1, 0.15) is 6.54 Å². The fraction of sp³-hybridized carbons (Fsp3) is 0.500. The van der Waals surface area contributed by atoms with Gasteiger partial charge in [0.15, 0.2) is 0 Å². The molecule has 0 spiro atoms. The summed E-state index contributed by atoms with van der Waals surface area (Å²) in [6.07, 6.45) is 0.788. The molecule has 0 aliphatic carbocycles. The van der Waals surface area contributed by atoms with Gasteiger partial charge in [0.05, 0.1) is 13.2 Å². The van der Waals surface area contributed by atoms with Crippen LogP contribution in [-0.2, 0) is 9.53 Å². The van der Waals surface area contributed by atoms with Gasteiger partial charge in [0.2, 0.25) is 5.91 Å². The molecule has 118 valence electrons. The number of ether oxygens (including phenoxy) is 1. The highest BCUT2D eigenvalue weighted by atomic mass is 16.5. The summed E-state index contributed by atoms with van der Waals surface area (Å²) in [5.74, 6) is -0.0229. The summed E-state index contributed by atoms with van der Waals surface area (Å²) in [6, 6.07) is 9.58. The molecule has 2 saturated heterocycles. The lowest BCUT2D eigenvalue weighted by atomic mass is 10.2. The molecular weight excluding hydrogens is 282 g/mol. The van der Waals surface area contributed by atoms with E-state index >= 15 is 0 Å². The fourth-order valence-electron chi connectivity index (χ4n) is 2.87. The molecule has 0 saturated carbocycles. The zero-order valence-corrected chi connectivity index (χ0v) is 12.6. The number of hydrogen-bond acceptors (Lipinski definition) is 3. The normalized spacial score (nSPS) is 20.0. The van der Waals surface area contributed by atoms with Crippen LogP contribution in [-0.4, -0.2) is 67.7 Å². The predicted molar refractivity (Wildman–Crippen MR) is 82.8 cm³/mol. The van der Waals surface area contributed by atoms with Gasteiger partial charge < -0.3 is 19.4 Å². The van der Waals surface area contributed by atoms with Gasteiger partial charge in [-0.3, -0.25) is 4.79 Å². The Morgan fingerprint density at radius 2 is 1.68 bits per heavy atom. The van der Waals surface area contributed by atoms with E-state index in [-0.39, 0.29) is 18.5 Å². The summed E-state index contributed by atoms with van der Waals surface area (Å²) >= 11 is 0. The Hall–Kier alpha value is -2.08. The molecule has 1 aromatic carbocycles. The first-order valence-corrected chi connectivity index (χ1v) is 7.73. The van der Waals surface area contributed by atoms with Crippen LogP contribution < -0.4 is 4.90 Å². The molecule has 1 aromatic rings. The smallest absolute Gasteiger partial charge is 0.320 e. The van der Waals surface area contributed by atoms with Crippen molar-refractivity contribution in [3.05, 3.63) is 30.3 Å². The Kier molecular flexibility index (Phi) is 4.58. The van der Waals surface area contributed by atoms with Crippen LogP contribution in [0.5, 0.6) is 0 Å². The fourth-order valence-corrected chi connectivity index (χ4v) is 2.87. The monoisotopic (exact) mass is 303 g/mol. The Morgan fingerprint density at radius 1 is 0.955 bits per heavy atom. The first kappa shape index (κ1) is 14.8. The lowest BCUT2D eigenvalue weighted by Gasteiger charge is -2.32. The lowest BCUT2D eigenvalue weighted by molar-refractivity contribution is -0.118. The molecule has 2 aliphatic rings. The van der Waals surface area contributed by atoms with Gasteiger partial charge >= 0.3 is 6.03 Å². The van der Waals surface area contributed by atoms with E-state index in [1.54, 1.807) is 14.7 Å². The third-order valence-electron chi connectivity index (χ3n) is 4.06. The Bertz CT molecular complexity index is 529. The summed E-state index contributed by atoms with van der Waals surface area (Å²) in [4.78, 5) is 30.2. The predicted octanol–water partition coefficient (Wildman–Crippen LogP) is 1.18. The molecule has 0 bridgehead atoms. The molecule has 0 atom stereocenters. The molecular formula is C16H21N3O3. The Morgan fingerprint density at radius 3 is 2.41 bits per heavy atom. The van der Waals surface area contributed by atoms with Gasteiger partial charge in [0.25, 0.3) is 0 Å². The Balaban J connectivity index is 1.67. The summed E-state index contributed by atoms with van der Waals surface area (Å²) in [5.41, 5.74) is 0.896. The molecule has 22 heavy (non-hydrogen) atoms. The van der Waals surface area contributed by atoms with Crippen LogP contribution in [0, 0.1) is 0 Å². The van der Waals surface area contributed by atoms with Crippen LogP contribution in [0.4, 0.5) is 10.5 Å². The minimum absolute atomic E-state index is 0.0229. The van der Waals surface area contributed by atoms with Crippen LogP contribution >= 0.6 is 0 Å². The largest absolute Gasteiger partial charge is 0.378 e. The maximum Gasteiger partial charge on any atom is 0.320 e. The number of carbonyl (C=O) groups excluding carboxylic acids is 2. The zero-order valence-electron chi connectivity index (χ0n) is 12.6. The van der Waals surface area contributed by atoms with Gasteiger partial charge in [-0.15, -0.1) is 0 Å². The number of amides is 3. The highest BCUT2D eigenvalue weighted by Crippen LogP contribution is 2.17. The van der Waals surface area contributed by atoms with E-state index in [1.165, 1.54) is 0 Å². The second-order valence-corrected chi connectivity index (χ2v) is 5.54. The van der Waals surface area contributed by atoms with Crippen molar-refractivity contribution in [2.75, 3.05) is 50.8 Å². The number of rotatable bonds is 1. The molecule has 2 fully saturated rings. The first-order valence-electron chi connectivity index (χ1n) is 7.73. The van der Waals surface area contributed by atoms with E-state index in [2.05, 4.69) is 0 Å². The molecule has 0 aromatic heterocycles. The number of benzene rings is 1. The highest BCUT2D eigenvalue weighted by molar-refractivity contribution is 5.96. The first-order chi connectivity index (χ1) is 10.8. The molecule has 6 heteroatoms. The summed E-state index contributed by atoms with van der Waals surface area (Å²) in [6.45, 7) is 3.76. The van der Waals surface area contributed by atoms with Crippen LogP contribution in [0.2, 0.25) is 0 Å². The zero-order chi connectivity index (χ0) is 15.4. The third kappa shape index (κ3) is 3.22. The summed E-state index contributed by atoms with van der Waals surface area (Å²) in [7, 11) is 0. The number of nitrogens with zero attached hydrogens (tertiary/aromatic N) is 3. The Labute approximate surface area is 130 Å². The minimum Gasteiger partial charge on any atom is -0.378 e. The van der Waals surface area contributed by atoms with Gasteiger partial charge in [-0.05, 0) is 18.6 Å². The van der Waals surface area contributed by atoms with Crippen molar-refractivity contribution in [2.24, 2.45) is 0 Å². The van der Waals surface area contributed by atoms with Crippen molar-refractivity contribution >= 4 is 17.6 Å². The summed E-state index contributed by atoms with van der Waals surface area (Å²) < 4.78 is 5.27. The number of hydrogen-bond donors (Lipinski definition) is 0. The van der Waals surface area contributed by atoms with Gasteiger partial charge in [-0.2, -0.15) is 0 Å². The molecule has 0 radical (unpaired) electrons. The number of anilines is 1. The van der Waals surface area contributed by atoms with Crippen molar-refractivity contribution in [2.45, 2.75) is 6.42 Å². The van der Waals surface area contributed by atoms with Crippen LogP contribution in [0.3, 0.4) is 0 Å². The highest BCUT2D eigenvalue weighted by Gasteiger charge is 2.29. The van der Waals surface area contributed by atoms with Crippen molar-refractivity contribution in [1.29, 1.82) is 0 Å². The second-order valence-electron chi connectivity index (χ2n) is 5.54. The quantitative estimate of drug-likeness (QED) is 0.783. The van der Waals surface area contributed by atoms with Gasteiger partial charge in [0, 0.05) is 31.9 Å². The number of carbonyl (C=O) groups is 2. The van der Waals surface area contributed by atoms with Crippen LogP contribution in [0.1, 0.15) is 6.42 Å². The van der Waals surface area contributed by atoms with Crippen LogP contribution in [0.15, 0.2) is 30.3 Å². The van der Waals surface area contributed by atoms with Crippen molar-refractivity contribution in [1.82, 2.24) is 9.80 Å². The minimum atomic E-state index is -0.0495. The molecule has 6 nitrogen and oxygen atoms in total. The maximum absolute atomic E-state index is 12.5. The van der Waals surface area contributed by atoms with E-state index in [0.29, 0.717) is 39.4 Å². The number of para-hydroxylation sites is 1. The van der Waals surface area contributed by atoms with Gasteiger partial charge in [-0.1, -0.05) is 18.2 Å². The van der Waals surface area contributed by atoms with Gasteiger partial charge in [-0.25, -0.2) is 4.79 Å². The van der Waals surface area contributed by atoms with Crippen molar-refractivity contribution in [3.63, 3.8) is 0 Å². The van der Waals surface area contributed by atoms with E-state index < -0.39 is 0 Å². The molecule has 3 rings (SSSR count). The van der Waals surface area contributed by atoms with E-state index in [9.17, 15) is 9.59 Å². The molecule has 0 N–H and O–H groups in total. The number of urea groups is 1. The average Bonchev–Trinajstić information content (AvgIpc) is 2.77.